The molecule has 0 aliphatic heterocycles. The summed E-state index contributed by atoms with van der Waals surface area (Å²) in [6.45, 7) is 1.68. The Morgan fingerprint density at radius 2 is 1.57 bits per heavy atom. The molecule has 0 spiro atoms. The summed E-state index contributed by atoms with van der Waals surface area (Å²) < 4.78 is 0. The summed E-state index contributed by atoms with van der Waals surface area (Å²) in [5, 5.41) is 0. The van der Waals surface area contributed by atoms with Gasteiger partial charge in [-0.15, -0.1) is 0 Å². The van der Waals surface area contributed by atoms with Gasteiger partial charge >= 0.3 is 0 Å². The molecule has 0 radical (unpaired) electrons. The van der Waals surface area contributed by atoms with Crippen molar-refractivity contribution in [2.45, 2.75) is 6.92 Å². The van der Waals surface area contributed by atoms with E-state index in [1.807, 2.05) is 12.5 Å². The lowest BCUT2D eigenvalue weighted by Crippen LogP contribution is -1.98. The maximum atomic E-state index is 4.84. The maximum Gasteiger partial charge on any atom is 0.0695 e. The first kappa shape index (κ1) is 10.3. The van der Waals surface area contributed by atoms with Crippen LogP contribution in [0.2, 0.25) is 0 Å². The topological polar surface area (TPSA) is 26.0 Å². The monoisotopic (exact) mass is 137 g/mol. The molecule has 0 atom stereocenters. The summed E-state index contributed by atoms with van der Waals surface area (Å²) in [7, 11) is 0. The van der Waals surface area contributed by atoms with Crippen LogP contribution in [0.25, 0.3) is 0 Å². The van der Waals surface area contributed by atoms with Crippen LogP contribution in [0.4, 0.5) is 0 Å². The van der Waals surface area contributed by atoms with E-state index < -0.39 is 0 Å². The highest BCUT2D eigenvalue weighted by Crippen LogP contribution is 1.70. The van der Waals surface area contributed by atoms with Crippen molar-refractivity contribution >= 4 is 29.0 Å². The van der Waals surface area contributed by atoms with E-state index in [0.29, 0.717) is 4.99 Å². The summed E-state index contributed by atoms with van der Waals surface area (Å²) in [5.41, 5.74) is 4.84. The van der Waals surface area contributed by atoms with Gasteiger partial charge in [-0.2, -0.15) is 11.8 Å². The Hall–Kier alpha value is 0.240. The van der Waals surface area contributed by atoms with Crippen LogP contribution < -0.4 is 5.73 Å². The Balaban J connectivity index is 0. The van der Waals surface area contributed by atoms with E-state index in [4.69, 9.17) is 5.73 Å². The Morgan fingerprint density at radius 1 is 1.57 bits per heavy atom. The van der Waals surface area contributed by atoms with E-state index in [1.165, 1.54) is 0 Å². The third kappa shape index (κ3) is 1950. The first-order valence-corrected chi connectivity index (χ1v) is 3.85. The second kappa shape index (κ2) is 9.53. The van der Waals surface area contributed by atoms with E-state index >= 15 is 0 Å². The van der Waals surface area contributed by atoms with E-state index in [1.54, 1.807) is 18.7 Å². The Morgan fingerprint density at radius 3 is 1.57 bits per heavy atom. The van der Waals surface area contributed by atoms with E-state index in [0.717, 1.165) is 0 Å². The molecule has 7 heavy (non-hydrogen) atoms. The van der Waals surface area contributed by atoms with E-state index in [2.05, 4.69) is 12.2 Å². The fourth-order valence-electron chi connectivity index (χ4n) is 0. The molecule has 0 unspecified atom stereocenters. The Kier molecular flexibility index (Phi) is 14.0. The second-order valence-electron chi connectivity index (χ2n) is 1.02. The molecule has 0 saturated carbocycles. The SMILES string of the molecule is CC(N)=S.CSC. The van der Waals surface area contributed by atoms with Crippen LogP contribution in [0.3, 0.4) is 0 Å². The molecule has 0 rings (SSSR count). The van der Waals surface area contributed by atoms with Crippen LogP contribution in [-0.4, -0.2) is 17.5 Å². The summed E-state index contributed by atoms with van der Waals surface area (Å²) in [5.74, 6) is 0. The lowest BCUT2D eigenvalue weighted by atomic mass is 10.8. The molecule has 0 aromatic carbocycles. The molecular weight excluding hydrogens is 126 g/mol. The van der Waals surface area contributed by atoms with Crippen LogP contribution in [0.5, 0.6) is 0 Å². The zero-order chi connectivity index (χ0) is 6.28. The zero-order valence-corrected chi connectivity index (χ0v) is 6.53. The number of hydrogen-bond acceptors (Lipinski definition) is 2. The van der Waals surface area contributed by atoms with Crippen LogP contribution >= 0.6 is 24.0 Å². The van der Waals surface area contributed by atoms with Crippen LogP contribution in [-0.2, 0) is 0 Å². The molecule has 0 aliphatic carbocycles. The first-order valence-electron chi connectivity index (χ1n) is 1.81. The molecular formula is C4H11NS2. The van der Waals surface area contributed by atoms with Gasteiger partial charge in [-0.1, -0.05) is 12.2 Å². The van der Waals surface area contributed by atoms with Crippen LogP contribution in [0, 0.1) is 0 Å². The van der Waals surface area contributed by atoms with E-state index in [-0.39, 0.29) is 0 Å². The van der Waals surface area contributed by atoms with Gasteiger partial charge in [-0.3, -0.25) is 0 Å². The summed E-state index contributed by atoms with van der Waals surface area (Å²) >= 11 is 6.06. The standard InChI is InChI=1S/C2H5NS.C2H6S/c1-2(3)4;1-3-2/h1H3,(H2,3,4);1-2H3. The van der Waals surface area contributed by atoms with Crippen molar-refractivity contribution in [1.29, 1.82) is 0 Å². The average Bonchev–Trinajstić information content (AvgIpc) is 1.33. The number of thioether (sulfide) groups is 1. The summed E-state index contributed by atoms with van der Waals surface area (Å²) in [4.78, 5) is 0.500. The fourth-order valence-corrected chi connectivity index (χ4v) is 0. The van der Waals surface area contributed by atoms with Gasteiger partial charge in [-0.25, -0.2) is 0 Å². The van der Waals surface area contributed by atoms with Gasteiger partial charge in [0.2, 0.25) is 0 Å². The van der Waals surface area contributed by atoms with Gasteiger partial charge in [0.15, 0.2) is 0 Å². The third-order valence-electron chi connectivity index (χ3n) is 0. The van der Waals surface area contributed by atoms with Crippen molar-refractivity contribution in [1.82, 2.24) is 0 Å². The minimum absolute atomic E-state index is 0.500. The summed E-state index contributed by atoms with van der Waals surface area (Å²) in [6, 6.07) is 0. The number of rotatable bonds is 0. The van der Waals surface area contributed by atoms with Gasteiger partial charge in [0, 0.05) is 0 Å². The lowest BCUT2D eigenvalue weighted by molar-refractivity contribution is 1.73. The van der Waals surface area contributed by atoms with Crippen molar-refractivity contribution in [3.05, 3.63) is 0 Å². The van der Waals surface area contributed by atoms with Crippen LogP contribution in [0.1, 0.15) is 6.92 Å². The highest BCUT2D eigenvalue weighted by atomic mass is 32.2. The predicted molar refractivity (Wildman–Crippen MR) is 41.9 cm³/mol. The zero-order valence-electron chi connectivity index (χ0n) is 4.89. The smallest absolute Gasteiger partial charge is 0.0695 e. The molecule has 0 bridgehead atoms. The minimum Gasteiger partial charge on any atom is -0.394 e. The number of thiocarbonyl (C=S) groups is 1. The average molecular weight is 137 g/mol. The highest BCUT2D eigenvalue weighted by molar-refractivity contribution is 7.97. The van der Waals surface area contributed by atoms with Gasteiger partial charge in [0.05, 0.1) is 4.99 Å². The van der Waals surface area contributed by atoms with Crippen molar-refractivity contribution in [2.24, 2.45) is 5.73 Å². The Bertz CT molecular complexity index is 41.0. The molecule has 44 valence electrons. The normalized spacial score (nSPS) is 6.14. The number of hydrogen-bond donors (Lipinski definition) is 1. The van der Waals surface area contributed by atoms with Gasteiger partial charge in [0.25, 0.3) is 0 Å². The van der Waals surface area contributed by atoms with Crippen molar-refractivity contribution in [3.8, 4) is 0 Å². The lowest BCUT2D eigenvalue weighted by Gasteiger charge is -1.65. The molecule has 0 heterocycles. The van der Waals surface area contributed by atoms with Gasteiger partial charge in [0.1, 0.15) is 0 Å². The highest BCUT2D eigenvalue weighted by Gasteiger charge is 1.54. The molecule has 0 saturated heterocycles. The molecule has 1 nitrogen and oxygen atoms in total. The van der Waals surface area contributed by atoms with E-state index in [9.17, 15) is 0 Å². The minimum atomic E-state index is 0.500. The fraction of sp³-hybridized carbons (Fsp3) is 0.750. The van der Waals surface area contributed by atoms with Gasteiger partial charge in [-0.05, 0) is 19.4 Å². The van der Waals surface area contributed by atoms with Gasteiger partial charge < -0.3 is 5.73 Å². The second-order valence-corrected chi connectivity index (χ2v) is 2.48. The third-order valence-corrected chi connectivity index (χ3v) is 0. The van der Waals surface area contributed by atoms with Crippen molar-refractivity contribution in [2.75, 3.05) is 12.5 Å². The Labute approximate surface area is 54.7 Å². The predicted octanol–water partition coefficient (Wildman–Crippen LogP) is 1.27. The molecule has 0 aromatic heterocycles. The number of nitrogens with two attached hydrogens (primary N) is 1. The molecule has 0 aromatic rings. The molecule has 2 N–H and O–H groups in total. The molecule has 0 fully saturated rings. The van der Waals surface area contributed by atoms with Crippen molar-refractivity contribution < 1.29 is 0 Å². The quantitative estimate of drug-likeness (QED) is 0.509. The largest absolute Gasteiger partial charge is 0.394 e. The maximum absolute atomic E-state index is 4.84. The first-order chi connectivity index (χ1) is 3.15. The molecule has 3 heteroatoms. The molecule has 0 amide bonds. The van der Waals surface area contributed by atoms with Crippen LogP contribution in [0.15, 0.2) is 0 Å². The summed E-state index contributed by atoms with van der Waals surface area (Å²) in [6.07, 6.45) is 4.08. The van der Waals surface area contributed by atoms with Crippen molar-refractivity contribution in [3.63, 3.8) is 0 Å². The molecule has 0 aliphatic rings.